The first-order valence-electron chi connectivity index (χ1n) is 30.2. The molecule has 0 aliphatic rings. The van der Waals surface area contributed by atoms with E-state index in [2.05, 4.69) is 71.1 Å². The normalized spacial score (nSPS) is 15.1. The largest absolute Gasteiger partial charge is 0.458 e. The van der Waals surface area contributed by atoms with Gasteiger partial charge in [0, 0.05) is 25.8 Å². The van der Waals surface area contributed by atoms with Crippen molar-refractivity contribution in [3.63, 3.8) is 0 Å². The third-order valence-electron chi connectivity index (χ3n) is 13.0. The van der Waals surface area contributed by atoms with E-state index in [1.54, 1.807) is 36.4 Å². The van der Waals surface area contributed by atoms with Gasteiger partial charge in [0.25, 0.3) is 6.33 Å². The molecule has 0 aliphatic carbocycles. The molecule has 11 rings (SSSR count). The third kappa shape index (κ3) is 8.71. The van der Waals surface area contributed by atoms with Gasteiger partial charge in [-0.2, -0.15) is 0 Å². The molecule has 3 heterocycles. The van der Waals surface area contributed by atoms with Crippen molar-refractivity contribution < 1.29 is 27.1 Å². The molecule has 3 aromatic heterocycles. The summed E-state index contributed by atoms with van der Waals surface area (Å²) in [6.07, 6.45) is 3.05. The fraction of sp³-hybridized carbons (Fsp3) is 0.182. The average Bonchev–Trinajstić information content (AvgIpc) is 1.95. The van der Waals surface area contributed by atoms with Crippen molar-refractivity contribution >= 4 is 32.8 Å². The van der Waals surface area contributed by atoms with Crippen LogP contribution in [0.3, 0.4) is 0 Å². The Labute approximate surface area is 436 Å². The molecule has 350 valence electrons. The highest BCUT2D eigenvalue weighted by atomic mass is 16.5. The van der Waals surface area contributed by atoms with E-state index in [0.717, 1.165) is 27.8 Å². The first-order chi connectivity index (χ1) is 39.5. The lowest BCUT2D eigenvalue weighted by molar-refractivity contribution is -0.571. The molecule has 0 N–H and O–H groups in total. The lowest BCUT2D eigenvalue weighted by Crippen LogP contribution is -2.31. The monoisotopic (exact) mass is 938 g/mol. The molecule has 0 spiro atoms. The van der Waals surface area contributed by atoms with Crippen LogP contribution in [0.5, 0.6) is 11.5 Å². The van der Waals surface area contributed by atoms with Crippen LogP contribution >= 0.6 is 0 Å². The Morgan fingerprint density at radius 1 is 0.563 bits per heavy atom. The Balaban J connectivity index is 1.10. The zero-order valence-electron chi connectivity index (χ0n) is 54.0. The van der Waals surface area contributed by atoms with Crippen molar-refractivity contribution in [2.75, 3.05) is 0 Å². The maximum absolute atomic E-state index is 9.56. The van der Waals surface area contributed by atoms with E-state index < -0.39 is 54.1 Å². The lowest BCUT2D eigenvalue weighted by Gasteiger charge is -2.27. The summed E-state index contributed by atoms with van der Waals surface area (Å²) in [5.74, 6) is 0.280. The topological polar surface area (TPSA) is 35.9 Å². The van der Waals surface area contributed by atoms with Gasteiger partial charge in [-0.1, -0.05) is 201 Å². The standard InChI is InChI=1S/C66H60N4O/c1-64(2,3)49-38-47(39-50(40-49)65(4,5)6)55-29-20-28-54(46-21-11-9-12-22-46)63(55)69-44-68(59-31-17-18-32-60(59)69)51-25-19-26-52(41-51)71-53-33-34-57-56-27-15-16-30-58(56)70(61(57)42-53)62-37-45(35-36-67-62)43-66(7,8)48-23-13-10-14-24-48/h9-42H,43H2,1-8H3/i9D,11D,12D,15D,16D,21D,22D,27D,30D,33D,34D,43D2. The average molecular weight is 938 g/mol. The molecule has 0 aliphatic heterocycles. The summed E-state index contributed by atoms with van der Waals surface area (Å²) in [6.45, 7) is 16.6. The molecular weight excluding hydrogens is 865 g/mol. The van der Waals surface area contributed by atoms with Gasteiger partial charge in [-0.15, -0.1) is 0 Å². The maximum Gasteiger partial charge on any atom is 0.269 e. The van der Waals surface area contributed by atoms with Crippen LogP contribution in [0.4, 0.5) is 0 Å². The zero-order valence-corrected chi connectivity index (χ0v) is 41.0. The number of fused-ring (bicyclic) bond motifs is 4. The Morgan fingerprint density at radius 2 is 1.24 bits per heavy atom. The molecule has 5 nitrogen and oxygen atoms in total. The molecule has 71 heavy (non-hydrogen) atoms. The smallest absolute Gasteiger partial charge is 0.269 e. The predicted molar refractivity (Wildman–Crippen MR) is 294 cm³/mol. The van der Waals surface area contributed by atoms with Crippen LogP contribution in [-0.4, -0.2) is 14.1 Å². The van der Waals surface area contributed by atoms with Crippen LogP contribution in [0.2, 0.25) is 0 Å². The summed E-state index contributed by atoms with van der Waals surface area (Å²) in [6, 6.07) is 36.0. The number of rotatable bonds is 10. The first-order valence-corrected chi connectivity index (χ1v) is 23.7. The van der Waals surface area contributed by atoms with Crippen LogP contribution in [-0.2, 0) is 22.6 Å². The van der Waals surface area contributed by atoms with Crippen molar-refractivity contribution in [3.8, 4) is 50.9 Å². The van der Waals surface area contributed by atoms with E-state index in [0.29, 0.717) is 28.0 Å². The van der Waals surface area contributed by atoms with E-state index in [4.69, 9.17) is 13.0 Å². The number of pyridine rings is 1. The number of ether oxygens (including phenoxy) is 1. The molecule has 0 amide bonds. The van der Waals surface area contributed by atoms with E-state index in [1.165, 1.54) is 16.8 Å². The fourth-order valence-corrected chi connectivity index (χ4v) is 9.24. The summed E-state index contributed by atoms with van der Waals surface area (Å²) in [5, 5.41) is 0.0583. The summed E-state index contributed by atoms with van der Waals surface area (Å²) < 4.78 is 130. The van der Waals surface area contributed by atoms with Gasteiger partial charge in [-0.3, -0.25) is 13.7 Å². The van der Waals surface area contributed by atoms with E-state index in [9.17, 15) is 9.60 Å². The number of hydrogen-bond acceptors (Lipinski definition) is 2. The fourth-order valence-electron chi connectivity index (χ4n) is 9.24. The Kier molecular flexibility index (Phi) is 8.18. The Morgan fingerprint density at radius 3 is 2.00 bits per heavy atom. The van der Waals surface area contributed by atoms with Crippen molar-refractivity contribution in [1.29, 1.82) is 0 Å². The minimum atomic E-state index is -2.00. The minimum Gasteiger partial charge on any atom is -0.458 e. The highest BCUT2D eigenvalue weighted by Crippen LogP contribution is 2.40. The molecule has 0 radical (unpaired) electrons. The Hall–Kier alpha value is -8.02. The van der Waals surface area contributed by atoms with Crippen molar-refractivity contribution in [2.24, 2.45) is 0 Å². The molecule has 0 fully saturated rings. The predicted octanol–water partition coefficient (Wildman–Crippen LogP) is 16.4. The van der Waals surface area contributed by atoms with E-state index in [-0.39, 0.29) is 85.2 Å². The second kappa shape index (κ2) is 17.7. The zero-order chi connectivity index (χ0) is 60.4. The van der Waals surface area contributed by atoms with Crippen LogP contribution < -0.4 is 9.30 Å². The van der Waals surface area contributed by atoms with Gasteiger partial charge < -0.3 is 4.74 Å². The summed E-state index contributed by atoms with van der Waals surface area (Å²) in [7, 11) is 0. The lowest BCUT2D eigenvalue weighted by atomic mass is 9.78. The second-order valence-electron chi connectivity index (χ2n) is 20.5. The van der Waals surface area contributed by atoms with Crippen molar-refractivity contribution in [2.45, 2.75) is 78.0 Å². The highest BCUT2D eigenvalue weighted by Gasteiger charge is 2.26. The maximum atomic E-state index is 9.56. The molecule has 11 aromatic rings. The van der Waals surface area contributed by atoms with Crippen LogP contribution in [0.1, 0.15) is 95.5 Å². The number of aromatic nitrogens is 4. The number of para-hydroxylation sites is 4. The van der Waals surface area contributed by atoms with Crippen LogP contribution in [0.25, 0.3) is 72.3 Å². The molecule has 0 saturated heterocycles. The summed E-state index contributed by atoms with van der Waals surface area (Å²) in [4.78, 5) is 4.67. The molecule has 0 bridgehead atoms. The van der Waals surface area contributed by atoms with Gasteiger partial charge >= 0.3 is 0 Å². The Bertz CT molecular complexity index is 4450. The van der Waals surface area contributed by atoms with Crippen LogP contribution in [0, 0.1) is 6.33 Å². The SMILES string of the molecule is [2H]c1c([2H])c([2H])c(-c2cccc(-c3cc(C(C)(C)C)cc(C(C)(C)C)c3)c2-[n+]2[c-]n(-c3cccc(Oc4cc5c(c([2H])c4[2H])c4c([2H])c([2H])c([2H])c([2H])c4n5-c4cc(C([2H])([2H])C(C)(C)c5ccccc5)ccn4)c3)c3ccccc32)c([2H])c1[2H]. The van der Waals surface area contributed by atoms with Gasteiger partial charge in [0.2, 0.25) is 0 Å². The number of hydrogen-bond donors (Lipinski definition) is 0. The number of benzene rings is 8. The molecule has 8 aromatic carbocycles. The second-order valence-corrected chi connectivity index (χ2v) is 20.5. The molecular formula is C66H60N4O. The van der Waals surface area contributed by atoms with E-state index >= 15 is 0 Å². The molecule has 5 heteroatoms. The van der Waals surface area contributed by atoms with Gasteiger partial charge in [-0.25, -0.2) is 4.98 Å². The quantitative estimate of drug-likeness (QED) is 0.101. The number of nitrogens with zero attached hydrogens (tertiary/aromatic N) is 4. The van der Waals surface area contributed by atoms with Crippen molar-refractivity contribution in [3.05, 3.63) is 235 Å². The molecule has 0 saturated carbocycles. The summed E-state index contributed by atoms with van der Waals surface area (Å²) in [5.41, 5.74) is 6.22. The first kappa shape index (κ1) is 32.7. The van der Waals surface area contributed by atoms with Gasteiger partial charge in [0.05, 0.1) is 48.5 Å². The van der Waals surface area contributed by atoms with Crippen LogP contribution in [0.15, 0.2) is 206 Å². The molecule has 0 unspecified atom stereocenters. The van der Waals surface area contributed by atoms with Crippen molar-refractivity contribution in [1.82, 2.24) is 14.1 Å². The third-order valence-corrected chi connectivity index (χ3v) is 13.0. The minimum absolute atomic E-state index is 0.000874. The molecule has 0 atom stereocenters. The van der Waals surface area contributed by atoms with Gasteiger partial charge in [0.15, 0.2) is 0 Å². The highest BCUT2D eigenvalue weighted by molar-refractivity contribution is 6.09. The number of imidazole rings is 1. The van der Waals surface area contributed by atoms with Gasteiger partial charge in [-0.05, 0) is 116 Å². The van der Waals surface area contributed by atoms with E-state index in [1.807, 2.05) is 95.8 Å². The summed E-state index contributed by atoms with van der Waals surface area (Å²) >= 11 is 0. The van der Waals surface area contributed by atoms with Gasteiger partial charge in [0.1, 0.15) is 17.3 Å².